The highest BCUT2D eigenvalue weighted by Crippen LogP contribution is 2.18. The van der Waals surface area contributed by atoms with Gasteiger partial charge in [-0.15, -0.1) is 0 Å². The summed E-state index contributed by atoms with van der Waals surface area (Å²) in [4.78, 5) is 0. The number of rotatable bonds is 6. The van der Waals surface area contributed by atoms with Crippen molar-refractivity contribution in [3.8, 4) is 0 Å². The van der Waals surface area contributed by atoms with E-state index in [1.165, 1.54) is 25.3 Å². The molecule has 0 radical (unpaired) electrons. The molecule has 1 rings (SSSR count). The van der Waals surface area contributed by atoms with Crippen LogP contribution in [0.2, 0.25) is 0 Å². The average molecular weight is 227 g/mol. The van der Waals surface area contributed by atoms with Gasteiger partial charge in [0.2, 0.25) is 0 Å². The number of benzene rings is 1. The van der Waals surface area contributed by atoms with Gasteiger partial charge in [-0.2, -0.15) is 11.8 Å². The number of hydrogen-bond donors (Lipinski definition) is 1. The molecule has 1 aromatic carbocycles. The van der Waals surface area contributed by atoms with Gasteiger partial charge in [-0.25, -0.2) is 4.39 Å². The minimum Gasteiger partial charge on any atom is -0.399 e. The largest absolute Gasteiger partial charge is 0.399 e. The molecule has 0 saturated carbocycles. The lowest BCUT2D eigenvalue weighted by Crippen LogP contribution is -1.92. The molecule has 0 aromatic heterocycles. The number of nitrogen functional groups attached to an aromatic ring is 1. The van der Waals surface area contributed by atoms with Gasteiger partial charge in [0.15, 0.2) is 0 Å². The van der Waals surface area contributed by atoms with Crippen molar-refractivity contribution in [2.75, 3.05) is 11.5 Å². The minimum atomic E-state index is -0.182. The van der Waals surface area contributed by atoms with Crippen molar-refractivity contribution < 1.29 is 4.39 Å². The highest BCUT2D eigenvalue weighted by molar-refractivity contribution is 7.98. The van der Waals surface area contributed by atoms with Gasteiger partial charge in [0.1, 0.15) is 5.82 Å². The van der Waals surface area contributed by atoms with Crippen molar-refractivity contribution >= 4 is 17.4 Å². The summed E-state index contributed by atoms with van der Waals surface area (Å²) in [5, 5.41) is 0. The molecule has 0 unspecified atom stereocenters. The van der Waals surface area contributed by atoms with E-state index in [0.29, 0.717) is 5.69 Å². The summed E-state index contributed by atoms with van der Waals surface area (Å²) in [6.45, 7) is 2.18. The topological polar surface area (TPSA) is 26.0 Å². The van der Waals surface area contributed by atoms with Crippen molar-refractivity contribution in [1.29, 1.82) is 0 Å². The summed E-state index contributed by atoms with van der Waals surface area (Å²) in [6.07, 6.45) is 3.71. The fraction of sp³-hybridized carbons (Fsp3) is 0.500. The van der Waals surface area contributed by atoms with Gasteiger partial charge in [0, 0.05) is 11.4 Å². The SMILES string of the molecule is CCCCCSCc1ccc(N)cc1F. The molecule has 0 amide bonds. The van der Waals surface area contributed by atoms with E-state index in [2.05, 4.69) is 6.92 Å². The Labute approximate surface area is 95.2 Å². The van der Waals surface area contributed by atoms with Crippen LogP contribution in [-0.2, 0) is 5.75 Å². The first-order valence-electron chi connectivity index (χ1n) is 5.35. The predicted molar refractivity (Wildman–Crippen MR) is 66.5 cm³/mol. The second-order valence-corrected chi connectivity index (χ2v) is 4.72. The number of hydrogen-bond acceptors (Lipinski definition) is 2. The van der Waals surface area contributed by atoms with E-state index in [9.17, 15) is 4.39 Å². The quantitative estimate of drug-likeness (QED) is 0.590. The van der Waals surface area contributed by atoms with Crippen molar-refractivity contribution in [3.05, 3.63) is 29.6 Å². The monoisotopic (exact) mass is 227 g/mol. The standard InChI is InChI=1S/C12H18FNS/c1-2-3-4-7-15-9-10-5-6-11(14)8-12(10)13/h5-6,8H,2-4,7,9,14H2,1H3. The molecule has 1 aromatic rings. The molecular formula is C12H18FNS. The van der Waals surface area contributed by atoms with Crippen LogP contribution in [0.25, 0.3) is 0 Å². The van der Waals surface area contributed by atoms with Crippen molar-refractivity contribution in [1.82, 2.24) is 0 Å². The molecular weight excluding hydrogens is 209 g/mol. The van der Waals surface area contributed by atoms with Crippen LogP contribution in [0.4, 0.5) is 10.1 Å². The zero-order valence-electron chi connectivity index (χ0n) is 9.13. The molecule has 0 aliphatic heterocycles. The van der Waals surface area contributed by atoms with Crippen LogP contribution in [0.1, 0.15) is 31.7 Å². The van der Waals surface area contributed by atoms with Gasteiger partial charge in [0.05, 0.1) is 0 Å². The van der Waals surface area contributed by atoms with Gasteiger partial charge < -0.3 is 5.73 Å². The minimum absolute atomic E-state index is 0.182. The first-order valence-corrected chi connectivity index (χ1v) is 6.51. The maximum atomic E-state index is 13.3. The van der Waals surface area contributed by atoms with Gasteiger partial charge in [-0.05, 0) is 29.9 Å². The van der Waals surface area contributed by atoms with Gasteiger partial charge in [-0.1, -0.05) is 25.8 Å². The smallest absolute Gasteiger partial charge is 0.129 e. The molecule has 84 valence electrons. The van der Waals surface area contributed by atoms with Crippen molar-refractivity contribution in [2.45, 2.75) is 31.9 Å². The fourth-order valence-electron chi connectivity index (χ4n) is 1.32. The van der Waals surface area contributed by atoms with Crippen LogP contribution in [0.3, 0.4) is 0 Å². The second-order valence-electron chi connectivity index (χ2n) is 3.61. The lowest BCUT2D eigenvalue weighted by atomic mass is 10.2. The third-order valence-corrected chi connectivity index (χ3v) is 3.32. The average Bonchev–Trinajstić information content (AvgIpc) is 2.20. The Morgan fingerprint density at radius 1 is 1.33 bits per heavy atom. The Balaban J connectivity index is 2.31. The lowest BCUT2D eigenvalue weighted by Gasteiger charge is -2.04. The summed E-state index contributed by atoms with van der Waals surface area (Å²) >= 11 is 1.79. The summed E-state index contributed by atoms with van der Waals surface area (Å²) in [5.74, 6) is 1.67. The number of nitrogens with two attached hydrogens (primary N) is 1. The Hall–Kier alpha value is -0.700. The van der Waals surface area contributed by atoms with E-state index >= 15 is 0 Å². The normalized spacial score (nSPS) is 10.5. The maximum Gasteiger partial charge on any atom is 0.129 e. The Morgan fingerprint density at radius 2 is 2.13 bits per heavy atom. The van der Waals surface area contributed by atoms with Crippen LogP contribution in [0.5, 0.6) is 0 Å². The molecule has 0 spiro atoms. The fourth-order valence-corrected chi connectivity index (χ4v) is 2.32. The zero-order chi connectivity index (χ0) is 11.1. The third-order valence-electron chi connectivity index (χ3n) is 2.23. The Morgan fingerprint density at radius 3 is 2.80 bits per heavy atom. The van der Waals surface area contributed by atoms with Gasteiger partial charge in [0.25, 0.3) is 0 Å². The number of thioether (sulfide) groups is 1. The molecule has 0 atom stereocenters. The zero-order valence-corrected chi connectivity index (χ0v) is 9.95. The van der Waals surface area contributed by atoms with E-state index in [1.807, 2.05) is 0 Å². The highest BCUT2D eigenvalue weighted by atomic mass is 32.2. The maximum absolute atomic E-state index is 13.3. The van der Waals surface area contributed by atoms with Crippen LogP contribution in [0, 0.1) is 5.82 Å². The number of unbranched alkanes of at least 4 members (excludes halogenated alkanes) is 2. The summed E-state index contributed by atoms with van der Waals surface area (Å²) in [6, 6.07) is 4.92. The van der Waals surface area contributed by atoms with E-state index < -0.39 is 0 Å². The van der Waals surface area contributed by atoms with Crippen LogP contribution in [-0.4, -0.2) is 5.75 Å². The Kier molecular flexibility index (Phi) is 5.54. The molecule has 0 aliphatic carbocycles. The van der Waals surface area contributed by atoms with Crippen molar-refractivity contribution in [3.63, 3.8) is 0 Å². The third kappa shape index (κ3) is 4.56. The molecule has 15 heavy (non-hydrogen) atoms. The second kappa shape index (κ2) is 6.72. The molecule has 1 nitrogen and oxygen atoms in total. The molecule has 0 saturated heterocycles. The van der Waals surface area contributed by atoms with Gasteiger partial charge in [-0.3, -0.25) is 0 Å². The first kappa shape index (κ1) is 12.4. The molecule has 0 heterocycles. The van der Waals surface area contributed by atoms with Crippen LogP contribution < -0.4 is 5.73 Å². The summed E-state index contributed by atoms with van der Waals surface area (Å²) in [7, 11) is 0. The predicted octanol–water partition coefficient (Wildman–Crippen LogP) is 3.83. The molecule has 2 N–H and O–H groups in total. The molecule has 3 heteroatoms. The van der Waals surface area contributed by atoms with E-state index in [1.54, 1.807) is 23.9 Å². The van der Waals surface area contributed by atoms with Crippen LogP contribution >= 0.6 is 11.8 Å². The number of halogens is 1. The number of anilines is 1. The van der Waals surface area contributed by atoms with Crippen LogP contribution in [0.15, 0.2) is 18.2 Å². The molecule has 0 aliphatic rings. The summed E-state index contributed by atoms with van der Waals surface area (Å²) < 4.78 is 13.3. The van der Waals surface area contributed by atoms with E-state index in [-0.39, 0.29) is 5.82 Å². The first-order chi connectivity index (χ1) is 7.24. The lowest BCUT2D eigenvalue weighted by molar-refractivity contribution is 0.618. The molecule has 0 bridgehead atoms. The van der Waals surface area contributed by atoms with Gasteiger partial charge >= 0.3 is 0 Å². The summed E-state index contributed by atoms with van der Waals surface area (Å²) in [5.41, 5.74) is 6.72. The highest BCUT2D eigenvalue weighted by Gasteiger charge is 2.01. The molecule has 0 fully saturated rings. The Bertz CT molecular complexity index is 302. The van der Waals surface area contributed by atoms with E-state index in [0.717, 1.165) is 17.1 Å². The van der Waals surface area contributed by atoms with E-state index in [4.69, 9.17) is 5.73 Å². The van der Waals surface area contributed by atoms with Crippen molar-refractivity contribution in [2.24, 2.45) is 0 Å².